The number of imidazole rings is 1. The molecule has 0 amide bonds. The van der Waals surface area contributed by atoms with Crippen molar-refractivity contribution in [2.24, 2.45) is 5.92 Å². The van der Waals surface area contributed by atoms with Gasteiger partial charge in [-0.2, -0.15) is 28.6 Å². The van der Waals surface area contributed by atoms with E-state index in [9.17, 15) is 13.2 Å². The van der Waals surface area contributed by atoms with Crippen LogP contribution in [0.15, 0.2) is 61.7 Å². The SMILES string of the molecule is C=Cc1ccc(C(C(C)C)n2cnc(-c3cc(-c4n[nH]nc4C(F)(F)F)ccn3)c2)cc1. The first kappa shape index (κ1) is 21.5. The number of alkyl halides is 3. The van der Waals surface area contributed by atoms with Crippen molar-refractivity contribution in [2.75, 3.05) is 0 Å². The Morgan fingerprint density at radius 1 is 1.03 bits per heavy atom. The van der Waals surface area contributed by atoms with Crippen LogP contribution in [0.1, 0.15) is 36.7 Å². The minimum absolute atomic E-state index is 0.0330. The van der Waals surface area contributed by atoms with E-state index in [1.54, 1.807) is 12.4 Å². The van der Waals surface area contributed by atoms with Gasteiger partial charge < -0.3 is 4.57 Å². The fourth-order valence-electron chi connectivity index (χ4n) is 3.70. The van der Waals surface area contributed by atoms with Crippen molar-refractivity contribution in [3.63, 3.8) is 0 Å². The Balaban J connectivity index is 1.68. The molecule has 0 radical (unpaired) electrons. The number of H-pyrrole nitrogens is 1. The Labute approximate surface area is 182 Å². The summed E-state index contributed by atoms with van der Waals surface area (Å²) in [5, 5.41) is 8.99. The minimum Gasteiger partial charge on any atom is -0.329 e. The van der Waals surface area contributed by atoms with Crippen LogP contribution in [0.25, 0.3) is 28.7 Å². The summed E-state index contributed by atoms with van der Waals surface area (Å²) in [6, 6.07) is 11.2. The van der Waals surface area contributed by atoms with Crippen molar-refractivity contribution in [3.05, 3.63) is 78.5 Å². The molecular formula is C23H21F3N6. The molecule has 32 heavy (non-hydrogen) atoms. The summed E-state index contributed by atoms with van der Waals surface area (Å²) in [4.78, 5) is 8.76. The Morgan fingerprint density at radius 3 is 2.44 bits per heavy atom. The van der Waals surface area contributed by atoms with Gasteiger partial charge in [-0.05, 0) is 29.2 Å². The van der Waals surface area contributed by atoms with Gasteiger partial charge in [0.15, 0.2) is 5.69 Å². The molecule has 0 saturated carbocycles. The second-order valence-corrected chi connectivity index (χ2v) is 7.71. The molecule has 0 saturated heterocycles. The molecule has 1 N–H and O–H groups in total. The molecule has 4 aromatic rings. The maximum absolute atomic E-state index is 13.2. The van der Waals surface area contributed by atoms with Gasteiger partial charge in [0.2, 0.25) is 0 Å². The molecule has 4 rings (SSSR count). The summed E-state index contributed by atoms with van der Waals surface area (Å²) in [7, 11) is 0. The van der Waals surface area contributed by atoms with Crippen molar-refractivity contribution >= 4 is 6.08 Å². The molecular weight excluding hydrogens is 417 g/mol. The number of nitrogens with zero attached hydrogens (tertiary/aromatic N) is 5. The molecule has 1 aromatic carbocycles. The second kappa shape index (κ2) is 8.41. The van der Waals surface area contributed by atoms with Gasteiger partial charge in [0, 0.05) is 18.0 Å². The van der Waals surface area contributed by atoms with E-state index in [1.165, 1.54) is 18.3 Å². The average molecular weight is 438 g/mol. The number of nitrogens with one attached hydrogen (secondary N) is 1. The second-order valence-electron chi connectivity index (χ2n) is 7.71. The first-order valence-electron chi connectivity index (χ1n) is 9.98. The van der Waals surface area contributed by atoms with Gasteiger partial charge in [0.05, 0.1) is 18.1 Å². The quantitative estimate of drug-likeness (QED) is 0.423. The summed E-state index contributed by atoms with van der Waals surface area (Å²) in [5.41, 5.74) is 2.07. The largest absolute Gasteiger partial charge is 0.437 e. The number of benzene rings is 1. The summed E-state index contributed by atoms with van der Waals surface area (Å²) in [6.07, 6.45) is 2.19. The van der Waals surface area contributed by atoms with Crippen molar-refractivity contribution < 1.29 is 13.2 Å². The van der Waals surface area contributed by atoms with Crippen LogP contribution in [0.4, 0.5) is 13.2 Å². The highest BCUT2D eigenvalue weighted by molar-refractivity contribution is 5.67. The van der Waals surface area contributed by atoms with E-state index in [1.807, 2.05) is 22.9 Å². The number of pyridine rings is 1. The molecule has 1 unspecified atom stereocenters. The summed E-state index contributed by atoms with van der Waals surface area (Å²) in [6.45, 7) is 8.02. The number of halogens is 3. The van der Waals surface area contributed by atoms with Gasteiger partial charge in [-0.25, -0.2) is 4.98 Å². The predicted octanol–water partition coefficient (Wildman–Crippen LogP) is 5.64. The lowest BCUT2D eigenvalue weighted by molar-refractivity contribution is -0.140. The zero-order valence-corrected chi connectivity index (χ0v) is 17.5. The lowest BCUT2D eigenvalue weighted by Gasteiger charge is -2.23. The van der Waals surface area contributed by atoms with Crippen LogP contribution in [-0.4, -0.2) is 29.9 Å². The smallest absolute Gasteiger partial charge is 0.329 e. The van der Waals surface area contributed by atoms with Crippen molar-refractivity contribution in [1.82, 2.24) is 29.9 Å². The molecule has 0 spiro atoms. The summed E-state index contributed by atoms with van der Waals surface area (Å²) >= 11 is 0. The van der Waals surface area contributed by atoms with E-state index in [2.05, 4.69) is 57.9 Å². The number of rotatable bonds is 6. The van der Waals surface area contributed by atoms with Crippen LogP contribution in [0.5, 0.6) is 0 Å². The molecule has 164 valence electrons. The van der Waals surface area contributed by atoms with Crippen LogP contribution < -0.4 is 0 Å². The van der Waals surface area contributed by atoms with E-state index in [4.69, 9.17) is 0 Å². The van der Waals surface area contributed by atoms with Crippen molar-refractivity contribution in [2.45, 2.75) is 26.1 Å². The van der Waals surface area contributed by atoms with Gasteiger partial charge in [0.1, 0.15) is 11.4 Å². The van der Waals surface area contributed by atoms with Crippen LogP contribution in [0.2, 0.25) is 0 Å². The Bertz CT molecular complexity index is 1220. The maximum Gasteiger partial charge on any atom is 0.437 e. The number of hydrogen-bond donors (Lipinski definition) is 1. The summed E-state index contributed by atoms with van der Waals surface area (Å²) < 4.78 is 41.6. The fraction of sp³-hybridized carbons (Fsp3) is 0.217. The fourth-order valence-corrected chi connectivity index (χ4v) is 3.70. The molecule has 3 aromatic heterocycles. The maximum atomic E-state index is 13.2. The van der Waals surface area contributed by atoms with Crippen molar-refractivity contribution in [1.29, 1.82) is 0 Å². The first-order valence-corrected chi connectivity index (χ1v) is 9.98. The molecule has 3 heterocycles. The van der Waals surface area contributed by atoms with Gasteiger partial charge >= 0.3 is 6.18 Å². The Morgan fingerprint density at radius 2 is 1.78 bits per heavy atom. The molecule has 1 atom stereocenters. The standard InChI is InChI=1S/C23H21F3N6/c1-4-15-5-7-16(8-6-15)21(14(2)3)32-12-19(28-13-32)18-11-17(9-10-27-18)20-22(23(24,25)26)30-31-29-20/h4-14,21H,1H2,2-3H3,(H,29,30,31). The zero-order chi connectivity index (χ0) is 22.9. The zero-order valence-electron chi connectivity index (χ0n) is 17.5. The third kappa shape index (κ3) is 4.18. The minimum atomic E-state index is -4.61. The molecule has 0 aliphatic rings. The summed E-state index contributed by atoms with van der Waals surface area (Å²) in [5.74, 6) is 0.274. The number of aromatic nitrogens is 6. The molecule has 0 fully saturated rings. The van der Waals surface area contributed by atoms with Gasteiger partial charge in [-0.3, -0.25) is 4.98 Å². The van der Waals surface area contributed by atoms with Crippen LogP contribution in [-0.2, 0) is 6.18 Å². The highest BCUT2D eigenvalue weighted by atomic mass is 19.4. The van der Waals surface area contributed by atoms with E-state index >= 15 is 0 Å². The molecule has 9 heteroatoms. The normalized spacial score (nSPS) is 12.8. The Kier molecular flexibility index (Phi) is 5.65. The third-order valence-electron chi connectivity index (χ3n) is 5.18. The lowest BCUT2D eigenvalue weighted by atomic mass is 9.95. The monoisotopic (exact) mass is 438 g/mol. The molecule has 6 nitrogen and oxygen atoms in total. The van der Waals surface area contributed by atoms with Gasteiger partial charge in [0.25, 0.3) is 0 Å². The van der Waals surface area contributed by atoms with Crippen molar-refractivity contribution in [3.8, 4) is 22.6 Å². The van der Waals surface area contributed by atoms with Crippen LogP contribution in [0, 0.1) is 5.92 Å². The number of hydrogen-bond acceptors (Lipinski definition) is 4. The predicted molar refractivity (Wildman–Crippen MR) is 115 cm³/mol. The van der Waals surface area contributed by atoms with E-state index < -0.39 is 11.9 Å². The molecule has 0 aliphatic carbocycles. The highest BCUT2D eigenvalue weighted by Crippen LogP contribution is 2.35. The molecule has 0 aliphatic heterocycles. The van der Waals surface area contributed by atoms with Gasteiger partial charge in [-0.15, -0.1) is 0 Å². The Hall–Kier alpha value is -3.75. The van der Waals surface area contributed by atoms with Crippen LogP contribution in [0.3, 0.4) is 0 Å². The number of aromatic amines is 1. The lowest BCUT2D eigenvalue weighted by Crippen LogP contribution is -2.15. The third-order valence-corrected chi connectivity index (χ3v) is 5.18. The van der Waals surface area contributed by atoms with Gasteiger partial charge in [-0.1, -0.05) is 50.8 Å². The average Bonchev–Trinajstić information content (AvgIpc) is 3.44. The highest BCUT2D eigenvalue weighted by Gasteiger charge is 2.38. The van der Waals surface area contributed by atoms with Crippen LogP contribution >= 0.6 is 0 Å². The topological polar surface area (TPSA) is 72.3 Å². The van der Waals surface area contributed by atoms with E-state index in [0.717, 1.165) is 11.1 Å². The van der Waals surface area contributed by atoms with E-state index in [-0.39, 0.29) is 23.2 Å². The molecule has 0 bridgehead atoms. The first-order chi connectivity index (χ1) is 15.3. The van der Waals surface area contributed by atoms with E-state index in [0.29, 0.717) is 11.4 Å².